The maximum absolute atomic E-state index is 11.8. The van der Waals surface area contributed by atoms with Crippen LogP contribution in [0.5, 0.6) is 0 Å². The summed E-state index contributed by atoms with van der Waals surface area (Å²) in [6, 6.07) is 0. The molecular formula is C4H3F4KO4. The van der Waals surface area contributed by atoms with E-state index in [2.05, 4.69) is 0 Å². The van der Waals surface area contributed by atoms with Crippen LogP contribution in [0.15, 0.2) is 0 Å². The van der Waals surface area contributed by atoms with Crippen LogP contribution in [0.25, 0.3) is 0 Å². The van der Waals surface area contributed by atoms with Crippen LogP contribution in [0, 0.1) is 0 Å². The summed E-state index contributed by atoms with van der Waals surface area (Å²) in [4.78, 5) is 19.0. The number of rotatable bonds is 3. The summed E-state index contributed by atoms with van der Waals surface area (Å²) in [7, 11) is 0. The van der Waals surface area contributed by atoms with Crippen molar-refractivity contribution in [3.05, 3.63) is 0 Å². The van der Waals surface area contributed by atoms with Gasteiger partial charge in [0, 0.05) is 0 Å². The van der Waals surface area contributed by atoms with Gasteiger partial charge in [0.25, 0.3) is 0 Å². The second kappa shape index (κ2) is 4.69. The number of carboxylic acid groups (broad SMARTS) is 2. The molecule has 0 rings (SSSR count). The van der Waals surface area contributed by atoms with Gasteiger partial charge in [-0.2, -0.15) is 17.6 Å². The zero-order chi connectivity index (χ0) is 10.2. The van der Waals surface area contributed by atoms with Crippen LogP contribution < -0.4 is 0 Å². The number of carboxylic acids is 2. The Balaban J connectivity index is 0. The van der Waals surface area contributed by atoms with Crippen LogP contribution in [0.3, 0.4) is 0 Å². The molecule has 2 N–H and O–H groups in total. The van der Waals surface area contributed by atoms with Crippen molar-refractivity contribution in [3.63, 3.8) is 0 Å². The number of aliphatic carboxylic acids is 2. The molecule has 9 heteroatoms. The third-order valence-electron chi connectivity index (χ3n) is 0.932. The molecule has 0 aromatic carbocycles. The average Bonchev–Trinajstić information content (AvgIpc) is 1.86. The monoisotopic (exact) mass is 230 g/mol. The third kappa shape index (κ3) is 2.87. The van der Waals surface area contributed by atoms with Crippen LogP contribution in [0.4, 0.5) is 17.6 Å². The summed E-state index contributed by atoms with van der Waals surface area (Å²) >= 11 is 0. The Morgan fingerprint density at radius 3 is 1.08 bits per heavy atom. The summed E-state index contributed by atoms with van der Waals surface area (Å²) in [5, 5.41) is 15.1. The topological polar surface area (TPSA) is 74.6 Å². The Hall–Kier alpha value is 0.296. The van der Waals surface area contributed by atoms with E-state index < -0.39 is 23.8 Å². The molecule has 4 nitrogen and oxygen atoms in total. The molecule has 0 amide bonds. The predicted molar refractivity (Wildman–Crippen MR) is 32.3 cm³/mol. The molecule has 0 heterocycles. The molecular weight excluding hydrogens is 227 g/mol. The molecule has 0 aliphatic carbocycles. The molecule has 13 heavy (non-hydrogen) atoms. The van der Waals surface area contributed by atoms with Crippen molar-refractivity contribution in [1.29, 1.82) is 0 Å². The average molecular weight is 230 g/mol. The minimum absolute atomic E-state index is 0. The first-order valence-electron chi connectivity index (χ1n) is 2.36. The van der Waals surface area contributed by atoms with Crippen molar-refractivity contribution in [2.24, 2.45) is 0 Å². The molecule has 0 spiro atoms. The first-order chi connectivity index (χ1) is 5.14. The van der Waals surface area contributed by atoms with Crippen molar-refractivity contribution < 1.29 is 37.4 Å². The van der Waals surface area contributed by atoms with Crippen molar-refractivity contribution >= 4 is 63.3 Å². The number of alkyl halides is 4. The quantitative estimate of drug-likeness (QED) is 0.519. The molecule has 0 aliphatic heterocycles. The van der Waals surface area contributed by atoms with Crippen LogP contribution in [0.2, 0.25) is 0 Å². The fourth-order valence-electron chi connectivity index (χ4n) is 0.269. The summed E-state index contributed by atoms with van der Waals surface area (Å²) < 4.78 is 47.4. The van der Waals surface area contributed by atoms with Gasteiger partial charge >= 0.3 is 75.2 Å². The number of hydrogen-bond donors (Lipinski definition) is 2. The second-order valence-corrected chi connectivity index (χ2v) is 1.76. The van der Waals surface area contributed by atoms with E-state index >= 15 is 0 Å². The van der Waals surface area contributed by atoms with Gasteiger partial charge < -0.3 is 10.2 Å². The molecule has 0 fully saturated rings. The molecule has 0 atom stereocenters. The van der Waals surface area contributed by atoms with Gasteiger partial charge in [0.1, 0.15) is 0 Å². The molecule has 0 bridgehead atoms. The van der Waals surface area contributed by atoms with Crippen molar-refractivity contribution in [1.82, 2.24) is 0 Å². The zero-order valence-corrected chi connectivity index (χ0v) is 5.22. The first kappa shape index (κ1) is 15.8. The second-order valence-electron chi connectivity index (χ2n) is 1.76. The third-order valence-corrected chi connectivity index (χ3v) is 0.932. The Bertz CT molecular complexity index is 204. The Morgan fingerprint density at radius 1 is 0.846 bits per heavy atom. The summed E-state index contributed by atoms with van der Waals surface area (Å²) in [5.74, 6) is -17.6. The van der Waals surface area contributed by atoms with E-state index in [1.807, 2.05) is 0 Å². The first-order valence-corrected chi connectivity index (χ1v) is 2.36. The SMILES string of the molecule is O=C(O)C(F)(F)C(F)(F)C(=O)O.[KH]. The van der Waals surface area contributed by atoms with E-state index in [-0.39, 0.29) is 51.4 Å². The Labute approximate surface area is 111 Å². The fourth-order valence-corrected chi connectivity index (χ4v) is 0.269. The molecule has 0 aliphatic rings. The van der Waals surface area contributed by atoms with Crippen LogP contribution in [-0.2, 0) is 9.59 Å². The van der Waals surface area contributed by atoms with E-state index in [0.29, 0.717) is 0 Å². The standard InChI is InChI=1S/C4H2F4O4.K.H/c5-3(6,1(9)10)4(7,8)2(11)12;;/h(H,9,10)(H,11,12);;. The van der Waals surface area contributed by atoms with Gasteiger partial charge in [0.2, 0.25) is 0 Å². The summed E-state index contributed by atoms with van der Waals surface area (Å²) in [6.07, 6.45) is 0. The van der Waals surface area contributed by atoms with Crippen molar-refractivity contribution in [2.75, 3.05) is 0 Å². The van der Waals surface area contributed by atoms with Gasteiger partial charge in [0.05, 0.1) is 0 Å². The van der Waals surface area contributed by atoms with E-state index in [1.165, 1.54) is 0 Å². The van der Waals surface area contributed by atoms with E-state index in [0.717, 1.165) is 0 Å². The van der Waals surface area contributed by atoms with Gasteiger partial charge in [-0.1, -0.05) is 0 Å². The van der Waals surface area contributed by atoms with Crippen LogP contribution in [-0.4, -0.2) is 85.4 Å². The summed E-state index contributed by atoms with van der Waals surface area (Å²) in [5.41, 5.74) is 0. The van der Waals surface area contributed by atoms with Crippen molar-refractivity contribution in [2.45, 2.75) is 11.8 Å². The number of carbonyl (C=O) groups is 2. The van der Waals surface area contributed by atoms with E-state index in [9.17, 15) is 27.2 Å². The molecule has 0 aromatic heterocycles. The zero-order valence-electron chi connectivity index (χ0n) is 5.22. The van der Waals surface area contributed by atoms with Crippen LogP contribution in [0.1, 0.15) is 0 Å². The normalized spacial score (nSPS) is 11.7. The number of halogens is 4. The number of hydrogen-bond acceptors (Lipinski definition) is 2. The van der Waals surface area contributed by atoms with E-state index in [1.54, 1.807) is 0 Å². The van der Waals surface area contributed by atoms with Gasteiger partial charge in [-0.3, -0.25) is 0 Å². The minimum atomic E-state index is -5.60. The van der Waals surface area contributed by atoms with E-state index in [4.69, 9.17) is 10.2 Å². The fraction of sp³-hybridized carbons (Fsp3) is 0.500. The molecule has 72 valence electrons. The summed E-state index contributed by atoms with van der Waals surface area (Å²) in [6.45, 7) is 0. The Morgan fingerprint density at radius 2 is 1.00 bits per heavy atom. The molecule has 0 radical (unpaired) electrons. The van der Waals surface area contributed by atoms with Crippen LogP contribution >= 0.6 is 0 Å². The van der Waals surface area contributed by atoms with Gasteiger partial charge in [0.15, 0.2) is 0 Å². The van der Waals surface area contributed by atoms with Crippen molar-refractivity contribution in [3.8, 4) is 0 Å². The Kier molecular flexibility index (Phi) is 5.68. The predicted octanol–water partition coefficient (Wildman–Crippen LogP) is -0.222. The van der Waals surface area contributed by atoms with Gasteiger partial charge in [-0.25, -0.2) is 9.59 Å². The van der Waals surface area contributed by atoms with Gasteiger partial charge in [-0.15, -0.1) is 0 Å². The molecule has 0 unspecified atom stereocenters. The maximum atomic E-state index is 11.8. The molecule has 0 saturated heterocycles. The van der Waals surface area contributed by atoms with Gasteiger partial charge in [-0.05, 0) is 0 Å². The molecule has 0 aromatic rings. The molecule has 0 saturated carbocycles.